The number of nitrogens with one attached hydrogen (secondary N) is 1. The van der Waals surface area contributed by atoms with Gasteiger partial charge in [0.2, 0.25) is 6.41 Å². The third kappa shape index (κ3) is 0.884. The molecule has 0 saturated carbocycles. The van der Waals surface area contributed by atoms with Crippen molar-refractivity contribution in [2.45, 2.75) is 5.92 Å². The summed E-state index contributed by atoms with van der Waals surface area (Å²) in [7, 11) is 0. The number of aromatic nitrogens is 1. The van der Waals surface area contributed by atoms with E-state index in [1.54, 1.807) is 0 Å². The van der Waals surface area contributed by atoms with Gasteiger partial charge in [-0.2, -0.15) is 0 Å². The quantitative estimate of drug-likeness (QED) is 0.659. The fourth-order valence-electron chi connectivity index (χ4n) is 1.000. The zero-order valence-corrected chi connectivity index (χ0v) is 6.59. The third-order valence-corrected chi connectivity index (χ3v) is 2.63. The van der Waals surface area contributed by atoms with Crippen LogP contribution >= 0.6 is 11.3 Å². The first-order chi connectivity index (χ1) is 5.74. The number of anilines is 1. The Morgan fingerprint density at radius 1 is 1.75 bits per heavy atom. The van der Waals surface area contributed by atoms with Gasteiger partial charge in [-0.25, -0.2) is 4.98 Å². The number of aliphatic carboxylic acids is 1. The molecule has 1 aromatic rings. The molecule has 1 aromatic heterocycles. The molecule has 1 aliphatic carbocycles. The van der Waals surface area contributed by atoms with Crippen LogP contribution in [0.15, 0.2) is 0 Å². The SMILES string of the molecule is O=CNc1nc2c(s1)C2C(=O)O. The van der Waals surface area contributed by atoms with Crippen molar-refractivity contribution in [2.75, 3.05) is 5.32 Å². The molecule has 12 heavy (non-hydrogen) atoms. The molecule has 0 spiro atoms. The number of rotatable bonds is 3. The van der Waals surface area contributed by atoms with Crippen LogP contribution in [-0.2, 0) is 9.59 Å². The molecule has 0 fully saturated rings. The number of carbonyl (C=O) groups excluding carboxylic acids is 1. The number of fused-ring (bicyclic) bond motifs is 1. The Labute approximate surface area is 71.0 Å². The normalized spacial score (nSPS) is 18.2. The first-order valence-electron chi connectivity index (χ1n) is 3.17. The lowest BCUT2D eigenvalue weighted by Crippen LogP contribution is -1.99. The Balaban J connectivity index is 2.15. The van der Waals surface area contributed by atoms with Crippen LogP contribution in [0.2, 0.25) is 0 Å². The molecular formula is C6H4N2O3S. The maximum absolute atomic E-state index is 10.4. The average molecular weight is 184 g/mol. The highest BCUT2D eigenvalue weighted by atomic mass is 32.1. The van der Waals surface area contributed by atoms with Gasteiger partial charge in [0, 0.05) is 0 Å². The number of carbonyl (C=O) groups is 2. The number of nitrogens with zero attached hydrogens (tertiary/aromatic N) is 1. The molecule has 62 valence electrons. The molecule has 0 aromatic carbocycles. The van der Waals surface area contributed by atoms with Crippen molar-refractivity contribution in [3.63, 3.8) is 0 Å². The Kier molecular flexibility index (Phi) is 1.37. The predicted molar refractivity (Wildman–Crippen MR) is 41.3 cm³/mol. The molecule has 1 amide bonds. The summed E-state index contributed by atoms with van der Waals surface area (Å²) in [6, 6.07) is 0. The zero-order chi connectivity index (χ0) is 8.72. The molecule has 1 aliphatic rings. The molecular weight excluding hydrogens is 180 g/mol. The highest BCUT2D eigenvalue weighted by Gasteiger charge is 2.44. The molecule has 0 radical (unpaired) electrons. The van der Waals surface area contributed by atoms with Gasteiger partial charge in [-0.1, -0.05) is 0 Å². The van der Waals surface area contributed by atoms with Crippen molar-refractivity contribution >= 4 is 28.8 Å². The van der Waals surface area contributed by atoms with Crippen LogP contribution in [0.25, 0.3) is 0 Å². The zero-order valence-electron chi connectivity index (χ0n) is 5.77. The molecule has 0 aliphatic heterocycles. The Hall–Kier alpha value is -1.43. The smallest absolute Gasteiger partial charge is 0.318 e. The van der Waals surface area contributed by atoms with E-state index in [-0.39, 0.29) is 0 Å². The van der Waals surface area contributed by atoms with Gasteiger partial charge >= 0.3 is 5.97 Å². The lowest BCUT2D eigenvalue weighted by atomic mass is 10.4. The lowest BCUT2D eigenvalue weighted by molar-refractivity contribution is -0.136. The summed E-state index contributed by atoms with van der Waals surface area (Å²) in [4.78, 5) is 25.0. The first kappa shape index (κ1) is 7.23. The van der Waals surface area contributed by atoms with Gasteiger partial charge in [-0.3, -0.25) is 9.59 Å². The lowest BCUT2D eigenvalue weighted by Gasteiger charge is -1.91. The summed E-state index contributed by atoms with van der Waals surface area (Å²) >= 11 is 1.21. The van der Waals surface area contributed by atoms with Gasteiger partial charge in [0.1, 0.15) is 5.92 Å². The molecule has 1 unspecified atom stereocenters. The van der Waals surface area contributed by atoms with Crippen LogP contribution < -0.4 is 5.32 Å². The molecule has 2 rings (SSSR count). The Morgan fingerprint density at radius 2 is 2.50 bits per heavy atom. The maximum Gasteiger partial charge on any atom is 0.318 e. The van der Waals surface area contributed by atoms with Crippen molar-refractivity contribution in [1.29, 1.82) is 0 Å². The second-order valence-corrected chi connectivity index (χ2v) is 3.33. The van der Waals surface area contributed by atoms with Crippen LogP contribution in [0.1, 0.15) is 16.5 Å². The molecule has 0 saturated heterocycles. The van der Waals surface area contributed by atoms with Gasteiger partial charge in [-0.05, 0) is 0 Å². The number of thiazole rings is 1. The molecule has 2 N–H and O–H groups in total. The number of hydrogen-bond acceptors (Lipinski definition) is 4. The number of hydrogen-bond donors (Lipinski definition) is 2. The fourth-order valence-corrected chi connectivity index (χ4v) is 2.00. The van der Waals surface area contributed by atoms with E-state index in [0.29, 0.717) is 17.2 Å². The molecule has 6 heteroatoms. The minimum atomic E-state index is -0.874. The summed E-state index contributed by atoms with van der Waals surface area (Å²) in [5.41, 5.74) is 0.580. The molecule has 1 atom stereocenters. The summed E-state index contributed by atoms with van der Waals surface area (Å²) < 4.78 is 0. The number of amides is 1. The number of carboxylic acid groups (broad SMARTS) is 1. The number of carboxylic acids is 1. The molecule has 5 nitrogen and oxygen atoms in total. The van der Waals surface area contributed by atoms with Gasteiger partial charge < -0.3 is 10.4 Å². The minimum Gasteiger partial charge on any atom is -0.480 e. The standard InChI is InChI=1S/C6H4N2O3S/c9-1-7-6-8-3-2(5(10)11)4(3)12-6/h1-2H,(H,10,11)(H,7,8,9). The summed E-state index contributed by atoms with van der Waals surface area (Å²) in [5, 5.41) is 11.4. The summed E-state index contributed by atoms with van der Waals surface area (Å²) in [6.07, 6.45) is 0.521. The van der Waals surface area contributed by atoms with E-state index in [1.807, 2.05) is 0 Å². The van der Waals surface area contributed by atoms with E-state index in [4.69, 9.17) is 5.11 Å². The maximum atomic E-state index is 10.4. The summed E-state index contributed by atoms with van der Waals surface area (Å²) in [5.74, 6) is -1.38. The van der Waals surface area contributed by atoms with Gasteiger partial charge in [-0.15, -0.1) is 11.3 Å². The second kappa shape index (κ2) is 2.28. The Morgan fingerprint density at radius 3 is 2.92 bits per heavy atom. The van der Waals surface area contributed by atoms with Crippen molar-refractivity contribution in [1.82, 2.24) is 4.98 Å². The highest BCUT2D eigenvalue weighted by molar-refractivity contribution is 7.17. The van der Waals surface area contributed by atoms with E-state index in [0.717, 1.165) is 4.88 Å². The Bertz CT molecular complexity index is 338. The highest BCUT2D eigenvalue weighted by Crippen LogP contribution is 2.48. The van der Waals surface area contributed by atoms with E-state index in [9.17, 15) is 9.59 Å². The van der Waals surface area contributed by atoms with E-state index < -0.39 is 11.9 Å². The predicted octanol–water partition coefficient (Wildman–Crippen LogP) is 0.241. The van der Waals surface area contributed by atoms with Gasteiger partial charge in [0.15, 0.2) is 5.13 Å². The van der Waals surface area contributed by atoms with E-state index in [1.165, 1.54) is 11.3 Å². The van der Waals surface area contributed by atoms with Crippen LogP contribution in [0, 0.1) is 0 Å². The second-order valence-electron chi connectivity index (χ2n) is 2.30. The third-order valence-electron chi connectivity index (χ3n) is 1.56. The molecule has 1 heterocycles. The first-order valence-corrected chi connectivity index (χ1v) is 3.99. The van der Waals surface area contributed by atoms with Crippen LogP contribution in [0.3, 0.4) is 0 Å². The van der Waals surface area contributed by atoms with Crippen molar-refractivity contribution in [3.05, 3.63) is 10.6 Å². The van der Waals surface area contributed by atoms with E-state index in [2.05, 4.69) is 10.3 Å². The summed E-state index contributed by atoms with van der Waals surface area (Å²) in [6.45, 7) is 0. The van der Waals surface area contributed by atoms with Crippen molar-refractivity contribution in [3.8, 4) is 0 Å². The van der Waals surface area contributed by atoms with Gasteiger partial charge in [0.25, 0.3) is 0 Å². The fraction of sp³-hybridized carbons (Fsp3) is 0.167. The largest absolute Gasteiger partial charge is 0.480 e. The average Bonchev–Trinajstić information content (AvgIpc) is 2.51. The van der Waals surface area contributed by atoms with Gasteiger partial charge in [0.05, 0.1) is 10.6 Å². The van der Waals surface area contributed by atoms with Crippen molar-refractivity contribution < 1.29 is 14.7 Å². The minimum absolute atomic E-state index is 0.465. The molecule has 0 bridgehead atoms. The van der Waals surface area contributed by atoms with Crippen LogP contribution in [0.5, 0.6) is 0 Å². The monoisotopic (exact) mass is 184 g/mol. The van der Waals surface area contributed by atoms with Crippen molar-refractivity contribution in [2.24, 2.45) is 0 Å². The van der Waals surface area contributed by atoms with E-state index >= 15 is 0 Å². The topological polar surface area (TPSA) is 79.3 Å². The van der Waals surface area contributed by atoms with Crippen LogP contribution in [0.4, 0.5) is 5.13 Å². The van der Waals surface area contributed by atoms with Crippen LogP contribution in [-0.4, -0.2) is 22.5 Å².